The Hall–Kier alpha value is -2.17. The van der Waals surface area contributed by atoms with Crippen LogP contribution in [0.1, 0.15) is 49.5 Å². The number of rotatable bonds is 4. The van der Waals surface area contributed by atoms with Crippen molar-refractivity contribution in [2.75, 3.05) is 13.1 Å². The van der Waals surface area contributed by atoms with Crippen molar-refractivity contribution < 1.29 is 9.18 Å². The molecule has 25 heavy (non-hydrogen) atoms. The molecule has 1 aliphatic heterocycles. The molecular weight excluding hydrogens is 317 g/mol. The Morgan fingerprint density at radius 1 is 1.40 bits per heavy atom. The average molecular weight is 341 g/mol. The van der Waals surface area contributed by atoms with Crippen LogP contribution in [0.2, 0.25) is 0 Å². The Labute approximate surface area is 147 Å². The molecule has 5 heteroatoms. The van der Waals surface area contributed by atoms with Gasteiger partial charge in [-0.05, 0) is 42.9 Å². The fourth-order valence-electron chi connectivity index (χ4n) is 4.14. The molecular formula is C20H24FN3O. The summed E-state index contributed by atoms with van der Waals surface area (Å²) in [6.45, 7) is 3.70. The Bertz CT molecular complexity index is 772. The van der Waals surface area contributed by atoms with Gasteiger partial charge in [0.1, 0.15) is 11.6 Å². The number of hydrogen-bond donors (Lipinski definition) is 0. The van der Waals surface area contributed by atoms with Gasteiger partial charge >= 0.3 is 0 Å². The van der Waals surface area contributed by atoms with E-state index in [4.69, 9.17) is 0 Å². The number of amides is 1. The Balaban J connectivity index is 1.43. The standard InChI is InChI=1S/C20H24FN3O/c1-2-19-22-8-10-24(19)16-7-4-9-23(13-16)20(25)18-12-17(18)14-5-3-6-15(21)11-14/h3,5-6,8,10-11,16-18H,2,4,7,9,12-13H2,1H3/t16-,17-,18-/m1/s1. The van der Waals surface area contributed by atoms with E-state index in [1.54, 1.807) is 12.1 Å². The number of hydrogen-bond acceptors (Lipinski definition) is 2. The summed E-state index contributed by atoms with van der Waals surface area (Å²) in [5.74, 6) is 1.30. The highest BCUT2D eigenvalue weighted by atomic mass is 19.1. The predicted octanol–water partition coefficient (Wildman–Crippen LogP) is 3.55. The zero-order chi connectivity index (χ0) is 17.4. The highest BCUT2D eigenvalue weighted by Gasteiger charge is 2.46. The van der Waals surface area contributed by atoms with Crippen LogP contribution in [-0.2, 0) is 11.2 Å². The third kappa shape index (κ3) is 3.20. The van der Waals surface area contributed by atoms with E-state index in [1.807, 2.05) is 23.4 Å². The minimum absolute atomic E-state index is 0.0222. The van der Waals surface area contributed by atoms with Crippen molar-refractivity contribution in [3.05, 3.63) is 53.9 Å². The molecule has 0 N–H and O–H groups in total. The van der Waals surface area contributed by atoms with Crippen molar-refractivity contribution in [1.29, 1.82) is 0 Å². The summed E-state index contributed by atoms with van der Waals surface area (Å²) < 4.78 is 15.6. The topological polar surface area (TPSA) is 38.1 Å². The van der Waals surface area contributed by atoms with Crippen molar-refractivity contribution in [3.63, 3.8) is 0 Å². The second-order valence-electron chi connectivity index (χ2n) is 7.19. The van der Waals surface area contributed by atoms with E-state index in [9.17, 15) is 9.18 Å². The molecule has 1 saturated carbocycles. The number of aromatic nitrogens is 2. The van der Waals surface area contributed by atoms with Crippen LogP contribution in [0.25, 0.3) is 0 Å². The first-order valence-corrected chi connectivity index (χ1v) is 9.23. The number of piperidine rings is 1. The van der Waals surface area contributed by atoms with Crippen LogP contribution >= 0.6 is 0 Å². The minimum atomic E-state index is -0.221. The molecule has 1 aliphatic carbocycles. The van der Waals surface area contributed by atoms with Crippen molar-refractivity contribution >= 4 is 5.91 Å². The van der Waals surface area contributed by atoms with Crippen molar-refractivity contribution in [3.8, 4) is 0 Å². The first kappa shape index (κ1) is 16.3. The number of nitrogens with zero attached hydrogens (tertiary/aromatic N) is 3. The lowest BCUT2D eigenvalue weighted by atomic mass is 10.0. The van der Waals surface area contributed by atoms with Crippen molar-refractivity contribution in [2.45, 2.75) is 44.6 Å². The van der Waals surface area contributed by atoms with E-state index in [0.29, 0.717) is 6.04 Å². The molecule has 1 saturated heterocycles. The zero-order valence-electron chi connectivity index (χ0n) is 14.6. The summed E-state index contributed by atoms with van der Waals surface area (Å²) >= 11 is 0. The maximum Gasteiger partial charge on any atom is 0.226 e. The quantitative estimate of drug-likeness (QED) is 0.853. The van der Waals surface area contributed by atoms with Gasteiger partial charge in [0.15, 0.2) is 0 Å². The molecule has 1 aromatic heterocycles. The molecule has 1 aromatic carbocycles. The molecule has 2 fully saturated rings. The molecule has 4 rings (SSSR count). The van der Waals surface area contributed by atoms with Gasteiger partial charge in [-0.1, -0.05) is 19.1 Å². The molecule has 2 aliphatic rings. The summed E-state index contributed by atoms with van der Waals surface area (Å²) in [5, 5.41) is 0. The lowest BCUT2D eigenvalue weighted by Gasteiger charge is -2.34. The van der Waals surface area contributed by atoms with Crippen molar-refractivity contribution in [2.24, 2.45) is 5.92 Å². The third-order valence-electron chi connectivity index (χ3n) is 5.55. The molecule has 0 radical (unpaired) electrons. The molecule has 3 atom stereocenters. The van der Waals surface area contributed by atoms with Crippen LogP contribution < -0.4 is 0 Å². The number of carbonyl (C=O) groups is 1. The van der Waals surface area contributed by atoms with E-state index >= 15 is 0 Å². The maximum absolute atomic E-state index is 13.4. The Morgan fingerprint density at radius 2 is 2.28 bits per heavy atom. The summed E-state index contributed by atoms with van der Waals surface area (Å²) in [5.41, 5.74) is 0.954. The van der Waals surface area contributed by atoms with E-state index in [-0.39, 0.29) is 23.6 Å². The summed E-state index contributed by atoms with van der Waals surface area (Å²) in [4.78, 5) is 19.3. The third-order valence-corrected chi connectivity index (χ3v) is 5.55. The van der Waals surface area contributed by atoms with Gasteiger partial charge in [0.25, 0.3) is 0 Å². The number of halogens is 1. The van der Waals surface area contributed by atoms with Gasteiger partial charge in [-0.15, -0.1) is 0 Å². The largest absolute Gasteiger partial charge is 0.340 e. The van der Waals surface area contributed by atoms with Gasteiger partial charge in [0.2, 0.25) is 5.91 Å². The number of benzene rings is 1. The number of likely N-dealkylation sites (tertiary alicyclic amines) is 1. The van der Waals surface area contributed by atoms with Gasteiger partial charge in [0, 0.05) is 37.8 Å². The van der Waals surface area contributed by atoms with Gasteiger partial charge in [0.05, 0.1) is 6.04 Å². The lowest BCUT2D eigenvalue weighted by Crippen LogP contribution is -2.41. The number of carbonyl (C=O) groups excluding carboxylic acids is 1. The molecule has 2 heterocycles. The Morgan fingerprint density at radius 3 is 3.08 bits per heavy atom. The number of aryl methyl sites for hydroxylation is 1. The monoisotopic (exact) mass is 341 g/mol. The second kappa shape index (κ2) is 6.62. The fourth-order valence-corrected chi connectivity index (χ4v) is 4.14. The maximum atomic E-state index is 13.4. The predicted molar refractivity (Wildman–Crippen MR) is 93.7 cm³/mol. The summed E-state index contributed by atoms with van der Waals surface area (Å²) in [6.07, 6.45) is 7.74. The van der Waals surface area contributed by atoms with E-state index in [2.05, 4.69) is 16.5 Å². The van der Waals surface area contributed by atoms with Crippen LogP contribution in [0.3, 0.4) is 0 Å². The van der Waals surface area contributed by atoms with Crippen LogP contribution in [0.15, 0.2) is 36.7 Å². The molecule has 2 aromatic rings. The first-order chi connectivity index (χ1) is 12.2. The molecule has 132 valence electrons. The Kier molecular flexibility index (Phi) is 4.32. The summed E-state index contributed by atoms with van der Waals surface area (Å²) in [7, 11) is 0. The normalized spacial score (nSPS) is 25.8. The average Bonchev–Trinajstić information content (AvgIpc) is 3.30. The fraction of sp³-hybridized carbons (Fsp3) is 0.500. The first-order valence-electron chi connectivity index (χ1n) is 9.23. The van der Waals surface area contributed by atoms with Crippen molar-refractivity contribution in [1.82, 2.24) is 14.5 Å². The van der Waals surface area contributed by atoms with E-state index < -0.39 is 0 Å². The SMILES string of the molecule is CCc1nccn1[C@@H]1CCCN(C(=O)[C@@H]2C[C@@H]2c2cccc(F)c2)C1. The second-order valence-corrected chi connectivity index (χ2v) is 7.19. The van der Waals surface area contributed by atoms with Crippen LogP contribution in [-0.4, -0.2) is 33.4 Å². The van der Waals surface area contributed by atoms with Gasteiger partial charge < -0.3 is 9.47 Å². The smallest absolute Gasteiger partial charge is 0.226 e. The van der Waals surface area contributed by atoms with E-state index in [0.717, 1.165) is 50.2 Å². The zero-order valence-corrected chi connectivity index (χ0v) is 14.6. The van der Waals surface area contributed by atoms with Crippen LogP contribution in [0.4, 0.5) is 4.39 Å². The minimum Gasteiger partial charge on any atom is -0.340 e. The van der Waals surface area contributed by atoms with E-state index in [1.165, 1.54) is 6.07 Å². The highest BCUT2D eigenvalue weighted by molar-refractivity contribution is 5.83. The molecule has 4 nitrogen and oxygen atoms in total. The van der Waals surface area contributed by atoms with Gasteiger partial charge in [-0.2, -0.15) is 0 Å². The highest BCUT2D eigenvalue weighted by Crippen LogP contribution is 2.49. The number of imidazole rings is 1. The molecule has 0 spiro atoms. The molecule has 0 unspecified atom stereocenters. The summed E-state index contributed by atoms with van der Waals surface area (Å²) in [6, 6.07) is 7.00. The van der Waals surface area contributed by atoms with Crippen LogP contribution in [0.5, 0.6) is 0 Å². The lowest BCUT2D eigenvalue weighted by molar-refractivity contribution is -0.134. The van der Waals surface area contributed by atoms with Gasteiger partial charge in [-0.3, -0.25) is 4.79 Å². The van der Waals surface area contributed by atoms with Gasteiger partial charge in [-0.25, -0.2) is 9.37 Å². The van der Waals surface area contributed by atoms with Crippen LogP contribution in [0, 0.1) is 11.7 Å². The molecule has 0 bridgehead atoms. The molecule has 1 amide bonds.